The van der Waals surface area contributed by atoms with Crippen molar-refractivity contribution in [3.05, 3.63) is 71.5 Å². The van der Waals surface area contributed by atoms with E-state index >= 15 is 0 Å². The van der Waals surface area contributed by atoms with Crippen LogP contribution in [-0.4, -0.2) is 52.4 Å². The molecule has 1 aromatic carbocycles. The van der Waals surface area contributed by atoms with Crippen LogP contribution >= 0.6 is 11.8 Å². The Balaban J connectivity index is 1.46. The third kappa shape index (κ3) is 6.42. The summed E-state index contributed by atoms with van der Waals surface area (Å²) in [4.78, 5) is 15.7. The highest BCUT2D eigenvalue weighted by atomic mass is 32.2. The maximum Gasteiger partial charge on any atom is 0.320 e. The number of hydrogen-bond donors (Lipinski definition) is 1. The molecule has 0 unspecified atom stereocenters. The minimum Gasteiger partial charge on any atom is -0.463 e. The Morgan fingerprint density at radius 3 is 2.84 bits per heavy atom. The van der Waals surface area contributed by atoms with Crippen molar-refractivity contribution in [2.75, 3.05) is 41.5 Å². The summed E-state index contributed by atoms with van der Waals surface area (Å²) in [6.07, 6.45) is 4.27. The number of nitrogens with one attached hydrogen (secondary N) is 1. The van der Waals surface area contributed by atoms with Gasteiger partial charge in [-0.05, 0) is 24.6 Å². The molecule has 1 N–H and O–H groups in total. The van der Waals surface area contributed by atoms with Crippen molar-refractivity contribution in [1.29, 1.82) is 0 Å². The summed E-state index contributed by atoms with van der Waals surface area (Å²) in [5, 5.41) is 4.35. The normalized spacial score (nSPS) is 14.0. The third-order valence-electron chi connectivity index (χ3n) is 4.78. The molecule has 3 aromatic rings. The second-order valence-corrected chi connectivity index (χ2v) is 8.42. The SMILES string of the molecule is Cc1cccc(C=NNc2cc(N3CCSCC3)nc(OCCc3ccccn3)n2)c1. The van der Waals surface area contributed by atoms with Crippen molar-refractivity contribution in [3.63, 3.8) is 0 Å². The maximum absolute atomic E-state index is 5.88. The number of pyridine rings is 1. The van der Waals surface area contributed by atoms with Crippen LogP contribution in [0, 0.1) is 6.92 Å². The van der Waals surface area contributed by atoms with Gasteiger partial charge in [0.1, 0.15) is 5.82 Å². The highest BCUT2D eigenvalue weighted by Gasteiger charge is 2.15. The van der Waals surface area contributed by atoms with Crippen molar-refractivity contribution in [2.24, 2.45) is 5.10 Å². The minimum atomic E-state index is 0.347. The van der Waals surface area contributed by atoms with Crippen LogP contribution in [0.2, 0.25) is 0 Å². The van der Waals surface area contributed by atoms with Gasteiger partial charge in [-0.25, -0.2) is 0 Å². The Morgan fingerprint density at radius 1 is 1.13 bits per heavy atom. The zero-order valence-electron chi connectivity index (χ0n) is 17.6. The van der Waals surface area contributed by atoms with E-state index in [-0.39, 0.29) is 0 Å². The monoisotopic (exact) mass is 434 g/mol. The molecule has 4 rings (SSSR count). The van der Waals surface area contributed by atoms with Crippen LogP contribution in [0.3, 0.4) is 0 Å². The standard InChI is InChI=1S/C23H26N6OS/c1-18-5-4-6-19(15-18)17-25-28-21-16-22(29-10-13-31-14-11-29)27-23(26-21)30-12-8-20-7-2-3-9-24-20/h2-7,9,15-17H,8,10-14H2,1H3,(H,26,27,28). The van der Waals surface area contributed by atoms with Gasteiger partial charge in [0.15, 0.2) is 5.82 Å². The van der Waals surface area contributed by atoms with Gasteiger partial charge in [0, 0.05) is 49.0 Å². The molecule has 8 heteroatoms. The second kappa shape index (κ2) is 10.8. The first-order chi connectivity index (χ1) is 15.3. The highest BCUT2D eigenvalue weighted by Crippen LogP contribution is 2.22. The second-order valence-electron chi connectivity index (χ2n) is 7.20. The molecule has 0 spiro atoms. The quantitative estimate of drug-likeness (QED) is 0.427. The van der Waals surface area contributed by atoms with Gasteiger partial charge in [0.2, 0.25) is 0 Å². The molecule has 3 heterocycles. The van der Waals surface area contributed by atoms with Crippen LogP contribution in [0.5, 0.6) is 6.01 Å². The molecule has 0 bridgehead atoms. The lowest BCUT2D eigenvalue weighted by Gasteiger charge is -2.27. The zero-order valence-corrected chi connectivity index (χ0v) is 18.4. The van der Waals surface area contributed by atoms with Crippen LogP contribution in [0.15, 0.2) is 59.8 Å². The lowest BCUT2D eigenvalue weighted by Crippen LogP contribution is -2.33. The van der Waals surface area contributed by atoms with Gasteiger partial charge in [-0.2, -0.15) is 26.8 Å². The molecule has 0 saturated carbocycles. The number of hydrazone groups is 1. The molecule has 0 radical (unpaired) electrons. The van der Waals surface area contributed by atoms with Gasteiger partial charge in [-0.1, -0.05) is 35.9 Å². The molecule has 1 aliphatic rings. The van der Waals surface area contributed by atoms with Crippen molar-refractivity contribution >= 4 is 29.6 Å². The molecule has 0 atom stereocenters. The average Bonchev–Trinajstić information content (AvgIpc) is 2.80. The van der Waals surface area contributed by atoms with Gasteiger partial charge < -0.3 is 9.64 Å². The largest absolute Gasteiger partial charge is 0.463 e. The molecule has 1 aliphatic heterocycles. The number of hydrogen-bond acceptors (Lipinski definition) is 8. The Kier molecular flexibility index (Phi) is 7.33. The first-order valence-electron chi connectivity index (χ1n) is 10.4. The van der Waals surface area contributed by atoms with Gasteiger partial charge in [0.25, 0.3) is 0 Å². The van der Waals surface area contributed by atoms with E-state index in [1.54, 1.807) is 12.4 Å². The summed E-state index contributed by atoms with van der Waals surface area (Å²) < 4.78 is 5.88. The van der Waals surface area contributed by atoms with Crippen molar-refractivity contribution < 1.29 is 4.74 Å². The van der Waals surface area contributed by atoms with E-state index in [2.05, 4.69) is 49.4 Å². The predicted octanol–water partition coefficient (Wildman–Crippen LogP) is 3.80. The van der Waals surface area contributed by atoms with Crippen LogP contribution < -0.4 is 15.1 Å². The molecule has 31 heavy (non-hydrogen) atoms. The number of nitrogens with zero attached hydrogens (tertiary/aromatic N) is 5. The molecule has 160 valence electrons. The van der Waals surface area contributed by atoms with E-state index in [4.69, 9.17) is 4.74 Å². The third-order valence-corrected chi connectivity index (χ3v) is 5.72. The van der Waals surface area contributed by atoms with Gasteiger partial charge in [-0.3, -0.25) is 10.4 Å². The topological polar surface area (TPSA) is 75.5 Å². The fourth-order valence-corrected chi connectivity index (χ4v) is 4.11. The van der Waals surface area contributed by atoms with Gasteiger partial charge >= 0.3 is 6.01 Å². The smallest absolute Gasteiger partial charge is 0.320 e. The minimum absolute atomic E-state index is 0.347. The number of benzene rings is 1. The fraction of sp³-hybridized carbons (Fsp3) is 0.304. The lowest BCUT2D eigenvalue weighted by molar-refractivity contribution is 0.295. The van der Waals surface area contributed by atoms with Crippen LogP contribution in [0.25, 0.3) is 0 Å². The number of anilines is 2. The predicted molar refractivity (Wildman–Crippen MR) is 127 cm³/mol. The summed E-state index contributed by atoms with van der Waals surface area (Å²) in [6, 6.07) is 16.3. The summed E-state index contributed by atoms with van der Waals surface area (Å²) >= 11 is 1.96. The van der Waals surface area contributed by atoms with Crippen molar-refractivity contribution in [3.8, 4) is 6.01 Å². The molecule has 7 nitrogen and oxygen atoms in total. The summed E-state index contributed by atoms with van der Waals surface area (Å²) in [5.74, 6) is 3.65. The summed E-state index contributed by atoms with van der Waals surface area (Å²) in [5.41, 5.74) is 6.24. The summed E-state index contributed by atoms with van der Waals surface area (Å²) in [7, 11) is 0. The average molecular weight is 435 g/mol. The van der Waals surface area contributed by atoms with E-state index < -0.39 is 0 Å². The number of aryl methyl sites for hydroxylation is 1. The Labute approximate surface area is 187 Å². The van der Waals surface area contributed by atoms with Crippen molar-refractivity contribution in [1.82, 2.24) is 15.0 Å². The zero-order chi connectivity index (χ0) is 21.3. The first kappa shape index (κ1) is 21.1. The lowest BCUT2D eigenvalue weighted by atomic mass is 10.2. The number of aromatic nitrogens is 3. The number of rotatable bonds is 8. The summed E-state index contributed by atoms with van der Waals surface area (Å²) in [6.45, 7) is 4.44. The Hall–Kier alpha value is -3.13. The molecule has 0 amide bonds. The molecular formula is C23H26N6OS. The molecule has 2 aromatic heterocycles. The molecule has 1 fully saturated rings. The Bertz CT molecular complexity index is 1010. The Morgan fingerprint density at radius 2 is 2.03 bits per heavy atom. The van der Waals surface area contributed by atoms with E-state index in [0.29, 0.717) is 24.9 Å². The first-order valence-corrected chi connectivity index (χ1v) is 11.5. The van der Waals surface area contributed by atoms with Gasteiger partial charge in [0.05, 0.1) is 12.8 Å². The number of thioether (sulfide) groups is 1. The van der Waals surface area contributed by atoms with Crippen LogP contribution in [-0.2, 0) is 6.42 Å². The van der Waals surface area contributed by atoms with E-state index in [0.717, 1.165) is 41.7 Å². The molecule has 1 saturated heterocycles. The highest BCUT2D eigenvalue weighted by molar-refractivity contribution is 7.99. The van der Waals surface area contributed by atoms with Crippen LogP contribution in [0.4, 0.5) is 11.6 Å². The van der Waals surface area contributed by atoms with Crippen molar-refractivity contribution in [2.45, 2.75) is 13.3 Å². The maximum atomic E-state index is 5.88. The van der Waals surface area contributed by atoms with Crippen LogP contribution in [0.1, 0.15) is 16.8 Å². The van der Waals surface area contributed by atoms with Gasteiger partial charge in [-0.15, -0.1) is 0 Å². The van der Waals surface area contributed by atoms with E-state index in [1.165, 1.54) is 5.56 Å². The molecule has 0 aliphatic carbocycles. The number of ether oxygens (including phenoxy) is 1. The molecular weight excluding hydrogens is 408 g/mol. The fourth-order valence-electron chi connectivity index (χ4n) is 3.21. The van der Waals surface area contributed by atoms with E-state index in [1.807, 2.05) is 48.2 Å². The van der Waals surface area contributed by atoms with E-state index in [9.17, 15) is 0 Å².